The van der Waals surface area contributed by atoms with Gasteiger partial charge >= 0.3 is 0 Å². The minimum Gasteiger partial charge on any atom is -0.364 e. The first-order valence-electron chi connectivity index (χ1n) is 5.17. The van der Waals surface area contributed by atoms with Crippen LogP contribution in [0.3, 0.4) is 0 Å². The van der Waals surface area contributed by atoms with Crippen LogP contribution in [0.25, 0.3) is 0 Å². The lowest BCUT2D eigenvalue weighted by Crippen LogP contribution is -2.39. The SMILES string of the molecule is c1onc2c1CN(C1CCSC1)CC2. The van der Waals surface area contributed by atoms with Gasteiger partial charge in [-0.3, -0.25) is 4.90 Å². The van der Waals surface area contributed by atoms with Crippen LogP contribution in [0.5, 0.6) is 0 Å². The second-order valence-electron chi connectivity index (χ2n) is 4.02. The van der Waals surface area contributed by atoms with Gasteiger partial charge in [0.25, 0.3) is 0 Å². The highest BCUT2D eigenvalue weighted by Gasteiger charge is 2.27. The smallest absolute Gasteiger partial charge is 0.128 e. The molecule has 0 radical (unpaired) electrons. The van der Waals surface area contributed by atoms with Crippen molar-refractivity contribution in [2.75, 3.05) is 18.1 Å². The van der Waals surface area contributed by atoms with Gasteiger partial charge in [-0.05, 0) is 12.2 Å². The maximum absolute atomic E-state index is 5.00. The summed E-state index contributed by atoms with van der Waals surface area (Å²) in [7, 11) is 0. The molecule has 1 unspecified atom stereocenters. The number of rotatable bonds is 1. The monoisotopic (exact) mass is 210 g/mol. The summed E-state index contributed by atoms with van der Waals surface area (Å²) in [5.74, 6) is 2.64. The molecule has 0 bridgehead atoms. The third kappa shape index (κ3) is 1.46. The normalized spacial score (nSPS) is 27.9. The maximum atomic E-state index is 5.00. The molecule has 0 aromatic carbocycles. The van der Waals surface area contributed by atoms with Crippen molar-refractivity contribution < 1.29 is 4.52 Å². The topological polar surface area (TPSA) is 29.3 Å². The molecule has 3 heterocycles. The largest absolute Gasteiger partial charge is 0.364 e. The summed E-state index contributed by atoms with van der Waals surface area (Å²) < 4.78 is 5.00. The highest BCUT2D eigenvalue weighted by molar-refractivity contribution is 7.99. The zero-order valence-electron chi connectivity index (χ0n) is 8.11. The summed E-state index contributed by atoms with van der Waals surface area (Å²) in [6.45, 7) is 2.20. The molecule has 1 aromatic heterocycles. The van der Waals surface area contributed by atoms with E-state index in [9.17, 15) is 0 Å². The second kappa shape index (κ2) is 3.59. The van der Waals surface area contributed by atoms with Crippen molar-refractivity contribution in [2.45, 2.75) is 25.4 Å². The summed E-state index contributed by atoms with van der Waals surface area (Å²) in [5.41, 5.74) is 2.47. The molecule has 0 amide bonds. The van der Waals surface area contributed by atoms with Crippen LogP contribution in [0.4, 0.5) is 0 Å². The third-order valence-corrected chi connectivity index (χ3v) is 4.30. The lowest BCUT2D eigenvalue weighted by Gasteiger charge is -2.30. The van der Waals surface area contributed by atoms with E-state index in [0.29, 0.717) is 0 Å². The van der Waals surface area contributed by atoms with Gasteiger partial charge in [-0.1, -0.05) is 5.16 Å². The quantitative estimate of drug-likeness (QED) is 0.703. The van der Waals surface area contributed by atoms with Crippen LogP contribution in [-0.2, 0) is 13.0 Å². The molecule has 1 atom stereocenters. The Hall–Kier alpha value is -0.480. The van der Waals surface area contributed by atoms with Crippen molar-refractivity contribution in [3.63, 3.8) is 0 Å². The fraction of sp³-hybridized carbons (Fsp3) is 0.700. The van der Waals surface area contributed by atoms with E-state index >= 15 is 0 Å². The van der Waals surface area contributed by atoms with Gasteiger partial charge < -0.3 is 4.52 Å². The van der Waals surface area contributed by atoms with Gasteiger partial charge in [0.2, 0.25) is 0 Å². The molecule has 0 aliphatic carbocycles. The lowest BCUT2D eigenvalue weighted by atomic mass is 10.1. The fourth-order valence-electron chi connectivity index (χ4n) is 2.28. The maximum Gasteiger partial charge on any atom is 0.128 e. The number of hydrogen-bond acceptors (Lipinski definition) is 4. The zero-order valence-corrected chi connectivity index (χ0v) is 8.92. The van der Waals surface area contributed by atoms with E-state index in [1.54, 1.807) is 0 Å². The van der Waals surface area contributed by atoms with Crippen LogP contribution in [0.2, 0.25) is 0 Å². The Labute approximate surface area is 87.8 Å². The molecule has 0 spiro atoms. The van der Waals surface area contributed by atoms with E-state index < -0.39 is 0 Å². The molecular weight excluding hydrogens is 196 g/mol. The molecule has 14 heavy (non-hydrogen) atoms. The number of fused-ring (bicyclic) bond motifs is 1. The van der Waals surface area contributed by atoms with Gasteiger partial charge in [-0.2, -0.15) is 11.8 Å². The van der Waals surface area contributed by atoms with Crippen LogP contribution in [-0.4, -0.2) is 34.1 Å². The van der Waals surface area contributed by atoms with E-state index in [-0.39, 0.29) is 0 Å². The summed E-state index contributed by atoms with van der Waals surface area (Å²) in [4.78, 5) is 2.58. The average molecular weight is 210 g/mol. The van der Waals surface area contributed by atoms with Crippen molar-refractivity contribution in [3.8, 4) is 0 Å². The summed E-state index contributed by atoms with van der Waals surface area (Å²) in [6.07, 6.45) is 4.22. The minimum atomic E-state index is 0.794. The Balaban J connectivity index is 1.74. The standard InChI is InChI=1S/C10H14N2OS/c1-3-12(9-2-4-14-7-9)5-8-6-13-11-10(1)8/h6,9H,1-5,7H2. The van der Waals surface area contributed by atoms with Gasteiger partial charge in [0.15, 0.2) is 0 Å². The van der Waals surface area contributed by atoms with E-state index in [1.165, 1.54) is 29.2 Å². The Morgan fingerprint density at radius 1 is 1.57 bits per heavy atom. The molecule has 1 fully saturated rings. The predicted molar refractivity (Wildman–Crippen MR) is 56.3 cm³/mol. The Kier molecular flexibility index (Phi) is 2.25. The van der Waals surface area contributed by atoms with Gasteiger partial charge in [-0.15, -0.1) is 0 Å². The van der Waals surface area contributed by atoms with Gasteiger partial charge in [0.1, 0.15) is 6.26 Å². The van der Waals surface area contributed by atoms with Crippen molar-refractivity contribution in [3.05, 3.63) is 17.5 Å². The molecule has 1 aromatic rings. The predicted octanol–water partition coefficient (Wildman–Crippen LogP) is 1.54. The van der Waals surface area contributed by atoms with Crippen LogP contribution in [0, 0.1) is 0 Å². The Bertz CT molecular complexity index is 320. The minimum absolute atomic E-state index is 0.794. The zero-order chi connectivity index (χ0) is 9.38. The first kappa shape index (κ1) is 8.80. The fourth-order valence-corrected chi connectivity index (χ4v) is 3.54. The highest BCUT2D eigenvalue weighted by Crippen LogP contribution is 2.27. The molecule has 0 saturated carbocycles. The van der Waals surface area contributed by atoms with Crippen LogP contribution in [0.15, 0.2) is 10.8 Å². The van der Waals surface area contributed by atoms with Crippen LogP contribution < -0.4 is 0 Å². The van der Waals surface area contributed by atoms with Crippen molar-refractivity contribution >= 4 is 11.8 Å². The molecule has 3 nitrogen and oxygen atoms in total. The number of aromatic nitrogens is 1. The molecular formula is C10H14N2OS. The van der Waals surface area contributed by atoms with Crippen molar-refractivity contribution in [1.29, 1.82) is 0 Å². The second-order valence-corrected chi connectivity index (χ2v) is 5.17. The average Bonchev–Trinajstić information content (AvgIpc) is 2.88. The summed E-state index contributed by atoms with van der Waals surface area (Å²) in [5, 5.41) is 4.01. The van der Waals surface area contributed by atoms with Crippen molar-refractivity contribution in [1.82, 2.24) is 10.1 Å². The van der Waals surface area contributed by atoms with E-state index in [2.05, 4.69) is 21.8 Å². The molecule has 4 heteroatoms. The van der Waals surface area contributed by atoms with Crippen molar-refractivity contribution in [2.24, 2.45) is 0 Å². The number of thioether (sulfide) groups is 1. The molecule has 3 rings (SSSR count). The van der Waals surface area contributed by atoms with Gasteiger partial charge in [0, 0.05) is 36.9 Å². The Morgan fingerprint density at radius 2 is 2.57 bits per heavy atom. The highest BCUT2D eigenvalue weighted by atomic mass is 32.2. The van der Waals surface area contributed by atoms with Crippen LogP contribution >= 0.6 is 11.8 Å². The molecule has 1 saturated heterocycles. The third-order valence-electron chi connectivity index (χ3n) is 3.16. The van der Waals surface area contributed by atoms with E-state index in [0.717, 1.165) is 25.6 Å². The summed E-state index contributed by atoms with van der Waals surface area (Å²) >= 11 is 2.08. The van der Waals surface area contributed by atoms with Crippen LogP contribution in [0.1, 0.15) is 17.7 Å². The molecule has 76 valence electrons. The lowest BCUT2D eigenvalue weighted by molar-refractivity contribution is 0.194. The van der Waals surface area contributed by atoms with E-state index in [1.807, 2.05) is 6.26 Å². The molecule has 2 aliphatic rings. The number of hydrogen-bond donors (Lipinski definition) is 0. The number of nitrogens with zero attached hydrogens (tertiary/aromatic N) is 2. The first-order chi connectivity index (χ1) is 6.93. The Morgan fingerprint density at radius 3 is 3.43 bits per heavy atom. The summed E-state index contributed by atoms with van der Waals surface area (Å²) in [6, 6.07) is 0.794. The molecule has 2 aliphatic heterocycles. The van der Waals surface area contributed by atoms with Gasteiger partial charge in [-0.25, -0.2) is 0 Å². The first-order valence-corrected chi connectivity index (χ1v) is 6.33. The van der Waals surface area contributed by atoms with E-state index in [4.69, 9.17) is 4.52 Å². The molecule has 0 N–H and O–H groups in total. The van der Waals surface area contributed by atoms with Gasteiger partial charge in [0.05, 0.1) is 5.69 Å².